The van der Waals surface area contributed by atoms with E-state index in [-0.39, 0.29) is 23.7 Å². The van der Waals surface area contributed by atoms with Crippen molar-refractivity contribution >= 4 is 17.7 Å². The number of hydrogen-bond donors (Lipinski definition) is 3. The molecule has 4 rings (SSSR count). The first-order valence-electron chi connectivity index (χ1n) is 9.89. The third-order valence-corrected chi connectivity index (χ3v) is 5.21. The summed E-state index contributed by atoms with van der Waals surface area (Å²) in [5.74, 6) is -5.05. The average molecular weight is 483 g/mol. The Bertz CT molecular complexity index is 1170. The fourth-order valence-electron chi connectivity index (χ4n) is 3.43. The van der Waals surface area contributed by atoms with E-state index in [1.807, 2.05) is 0 Å². The lowest BCUT2D eigenvalue weighted by molar-refractivity contribution is -0.151. The number of fused-ring (bicyclic) bond motifs is 1. The summed E-state index contributed by atoms with van der Waals surface area (Å²) < 4.78 is 49.4. The Morgan fingerprint density at radius 1 is 1.32 bits per heavy atom. The molecule has 4 atom stereocenters. The molecule has 2 aliphatic rings. The number of carbonyl (C=O) groups is 2. The first kappa shape index (κ1) is 23.5. The molecule has 1 aromatic heterocycles. The number of amides is 1. The SMILES string of the molecule is COC(=O)C1COc2ccc(C(=O)Nc3ccn(C4O[C@H](CO)[C@@H](O)C4(F)F)c(=O)n3)cc2O1. The Balaban J connectivity index is 1.50. The molecule has 2 aliphatic heterocycles. The number of nitrogens with one attached hydrogen (secondary N) is 1. The second-order valence-electron chi connectivity index (χ2n) is 7.39. The van der Waals surface area contributed by atoms with Crippen LogP contribution >= 0.6 is 0 Å². The van der Waals surface area contributed by atoms with E-state index in [0.717, 1.165) is 12.3 Å². The first-order chi connectivity index (χ1) is 16.1. The first-order valence-corrected chi connectivity index (χ1v) is 9.89. The molecule has 1 fully saturated rings. The molecule has 0 spiro atoms. The Morgan fingerprint density at radius 3 is 2.74 bits per heavy atom. The van der Waals surface area contributed by atoms with E-state index in [4.69, 9.17) is 19.3 Å². The molecule has 2 aromatic rings. The number of esters is 1. The van der Waals surface area contributed by atoms with Crippen LogP contribution in [0.25, 0.3) is 0 Å². The maximum atomic E-state index is 14.3. The van der Waals surface area contributed by atoms with Gasteiger partial charge in [-0.2, -0.15) is 13.8 Å². The molecule has 14 heteroatoms. The predicted molar refractivity (Wildman–Crippen MR) is 107 cm³/mol. The van der Waals surface area contributed by atoms with Crippen LogP contribution in [0.2, 0.25) is 0 Å². The molecule has 0 aliphatic carbocycles. The van der Waals surface area contributed by atoms with Crippen molar-refractivity contribution in [2.45, 2.75) is 30.5 Å². The van der Waals surface area contributed by atoms with E-state index in [1.54, 1.807) is 0 Å². The third-order valence-electron chi connectivity index (χ3n) is 5.21. The zero-order valence-electron chi connectivity index (χ0n) is 17.5. The van der Waals surface area contributed by atoms with Crippen molar-refractivity contribution in [3.05, 3.63) is 46.5 Å². The number of nitrogens with zero attached hydrogens (tertiary/aromatic N) is 2. The highest BCUT2D eigenvalue weighted by atomic mass is 19.3. The van der Waals surface area contributed by atoms with Crippen LogP contribution in [0.3, 0.4) is 0 Å². The number of aliphatic hydroxyl groups is 2. The molecule has 1 saturated heterocycles. The number of hydrogen-bond acceptors (Lipinski definition) is 10. The lowest BCUT2D eigenvalue weighted by Crippen LogP contribution is -2.41. The number of alkyl halides is 2. The average Bonchev–Trinajstić information content (AvgIpc) is 3.06. The Kier molecular flexibility index (Phi) is 6.20. The third kappa shape index (κ3) is 4.18. The van der Waals surface area contributed by atoms with Gasteiger partial charge in [-0.3, -0.25) is 9.36 Å². The van der Waals surface area contributed by atoms with Crippen molar-refractivity contribution in [1.29, 1.82) is 0 Å². The summed E-state index contributed by atoms with van der Waals surface area (Å²) in [6, 6.07) is 5.25. The molecule has 12 nitrogen and oxygen atoms in total. The number of anilines is 1. The van der Waals surface area contributed by atoms with Crippen molar-refractivity contribution in [1.82, 2.24) is 9.55 Å². The second-order valence-corrected chi connectivity index (χ2v) is 7.39. The molecule has 34 heavy (non-hydrogen) atoms. The van der Waals surface area contributed by atoms with Gasteiger partial charge in [0.25, 0.3) is 5.91 Å². The van der Waals surface area contributed by atoms with Crippen LogP contribution in [-0.2, 0) is 14.3 Å². The van der Waals surface area contributed by atoms with Gasteiger partial charge in [-0.05, 0) is 24.3 Å². The molecule has 0 saturated carbocycles. The highest BCUT2D eigenvalue weighted by Gasteiger charge is 2.59. The van der Waals surface area contributed by atoms with Crippen molar-refractivity contribution < 1.29 is 47.5 Å². The topological polar surface area (TPSA) is 158 Å². The zero-order valence-corrected chi connectivity index (χ0v) is 17.5. The maximum absolute atomic E-state index is 14.3. The minimum Gasteiger partial charge on any atom is -0.485 e. The molecule has 0 radical (unpaired) electrons. The van der Waals surface area contributed by atoms with E-state index in [9.17, 15) is 28.3 Å². The minimum absolute atomic E-state index is 0.0642. The van der Waals surface area contributed by atoms with Gasteiger partial charge in [-0.1, -0.05) is 0 Å². The molecule has 1 aromatic carbocycles. The largest absolute Gasteiger partial charge is 0.485 e. The van der Waals surface area contributed by atoms with Crippen LogP contribution in [0.15, 0.2) is 35.3 Å². The fourth-order valence-corrected chi connectivity index (χ4v) is 3.43. The zero-order chi connectivity index (χ0) is 24.6. The van der Waals surface area contributed by atoms with Crippen LogP contribution in [0, 0.1) is 0 Å². The number of rotatable bonds is 5. The van der Waals surface area contributed by atoms with Crippen LogP contribution in [-0.4, -0.2) is 76.2 Å². The molecule has 0 bridgehead atoms. The predicted octanol–water partition coefficient (Wildman–Crippen LogP) is -0.306. The molecule has 182 valence electrons. The highest BCUT2D eigenvalue weighted by molar-refractivity contribution is 6.04. The highest BCUT2D eigenvalue weighted by Crippen LogP contribution is 2.42. The standard InChI is InChI=1S/C20H19F2N3O9/c1-31-17(29)13-8-32-10-3-2-9(6-11(10)33-13)16(28)23-14-4-5-25(19(30)24-14)18-20(21,22)15(27)12(7-26)34-18/h2-6,12-13,15,18,26-27H,7-8H2,1H3,(H,23,24,28,30)/t12-,13?,15-,18?/m1/s1. The summed E-state index contributed by atoms with van der Waals surface area (Å²) in [4.78, 5) is 40.1. The number of methoxy groups -OCH3 is 1. The number of aliphatic hydroxyl groups excluding tert-OH is 2. The number of ether oxygens (including phenoxy) is 4. The molecule has 3 N–H and O–H groups in total. The van der Waals surface area contributed by atoms with Crippen LogP contribution in [0.1, 0.15) is 16.6 Å². The van der Waals surface area contributed by atoms with Crippen LogP contribution in [0.4, 0.5) is 14.6 Å². The van der Waals surface area contributed by atoms with Gasteiger partial charge in [0.1, 0.15) is 18.5 Å². The van der Waals surface area contributed by atoms with Crippen LogP contribution < -0.4 is 20.5 Å². The van der Waals surface area contributed by atoms with Crippen molar-refractivity contribution in [2.24, 2.45) is 0 Å². The number of halogens is 2. The Labute approximate surface area is 189 Å². The second kappa shape index (κ2) is 8.96. The molecule has 2 unspecified atom stereocenters. The van der Waals surface area contributed by atoms with Crippen molar-refractivity contribution in [2.75, 3.05) is 25.6 Å². The van der Waals surface area contributed by atoms with E-state index in [2.05, 4.69) is 15.0 Å². The summed E-state index contributed by atoms with van der Waals surface area (Å²) in [5.41, 5.74) is -1.12. The summed E-state index contributed by atoms with van der Waals surface area (Å²) in [5, 5.41) is 21.0. The Hall–Kier alpha value is -3.62. The normalized spacial score (nSPS) is 25.0. The molecular formula is C20H19F2N3O9. The summed E-state index contributed by atoms with van der Waals surface area (Å²) >= 11 is 0. The van der Waals surface area contributed by atoms with Gasteiger partial charge in [0.2, 0.25) is 12.3 Å². The number of aromatic nitrogens is 2. The van der Waals surface area contributed by atoms with Crippen LogP contribution in [0.5, 0.6) is 11.5 Å². The maximum Gasteiger partial charge on any atom is 0.351 e. The lowest BCUT2D eigenvalue weighted by atomic mass is 10.1. The monoisotopic (exact) mass is 483 g/mol. The van der Waals surface area contributed by atoms with E-state index < -0.39 is 54.6 Å². The van der Waals surface area contributed by atoms with E-state index in [0.29, 0.717) is 10.3 Å². The van der Waals surface area contributed by atoms with Gasteiger partial charge in [0, 0.05) is 11.8 Å². The van der Waals surface area contributed by atoms with E-state index >= 15 is 0 Å². The summed E-state index contributed by atoms with van der Waals surface area (Å²) in [6.45, 7) is -0.940. The van der Waals surface area contributed by atoms with Gasteiger partial charge in [0.05, 0.1) is 13.7 Å². The molecular weight excluding hydrogens is 464 g/mol. The summed E-state index contributed by atoms with van der Waals surface area (Å²) in [7, 11) is 1.19. The smallest absolute Gasteiger partial charge is 0.351 e. The fraction of sp³-hybridized carbons (Fsp3) is 0.400. The molecule has 1 amide bonds. The number of benzene rings is 1. The van der Waals surface area contributed by atoms with Gasteiger partial charge >= 0.3 is 17.6 Å². The molecule has 3 heterocycles. The lowest BCUT2D eigenvalue weighted by Gasteiger charge is -2.25. The van der Waals surface area contributed by atoms with Gasteiger partial charge in [-0.15, -0.1) is 0 Å². The van der Waals surface area contributed by atoms with Crippen molar-refractivity contribution in [3.63, 3.8) is 0 Å². The van der Waals surface area contributed by atoms with Gasteiger partial charge in [-0.25, -0.2) is 9.59 Å². The summed E-state index contributed by atoms with van der Waals surface area (Å²) in [6.07, 6.45) is -6.18. The number of carbonyl (C=O) groups excluding carboxylic acids is 2. The van der Waals surface area contributed by atoms with Gasteiger partial charge < -0.3 is 34.5 Å². The van der Waals surface area contributed by atoms with Gasteiger partial charge in [0.15, 0.2) is 17.6 Å². The van der Waals surface area contributed by atoms with E-state index in [1.165, 1.54) is 25.3 Å². The van der Waals surface area contributed by atoms with Crippen molar-refractivity contribution in [3.8, 4) is 11.5 Å². The minimum atomic E-state index is -3.86. The quantitative estimate of drug-likeness (QED) is 0.482. The Morgan fingerprint density at radius 2 is 2.09 bits per heavy atom.